The SMILES string of the molecule is CC(=N)c1c(N)ncnc1NC(C)/C(=N/c1ccccc1C=O)N(C)c1ccccc1. The first kappa shape index (κ1) is 21.6. The standard InChI is InChI=1S/C23H25N7O/c1-15(24)20-21(25)26-14-27-22(20)28-16(2)23(30(3)18-10-5-4-6-11-18)29-19-12-8-7-9-17(19)13-31/h4-14,16,24H,1-3H3,(H3,25,26,27,28)/b24-15?,29-23-. The summed E-state index contributed by atoms with van der Waals surface area (Å²) in [5.74, 6) is 1.34. The number of aromatic nitrogens is 2. The van der Waals surface area contributed by atoms with Gasteiger partial charge < -0.3 is 21.4 Å². The number of aldehydes is 1. The number of nitrogens with zero attached hydrogens (tertiary/aromatic N) is 4. The molecule has 4 N–H and O–H groups in total. The minimum absolute atomic E-state index is 0.235. The number of nitrogens with two attached hydrogens (primary N) is 1. The number of carbonyl (C=O) groups is 1. The Hall–Kier alpha value is -4.07. The van der Waals surface area contributed by atoms with E-state index < -0.39 is 0 Å². The van der Waals surface area contributed by atoms with Gasteiger partial charge in [0.05, 0.1) is 17.3 Å². The van der Waals surface area contributed by atoms with Gasteiger partial charge in [-0.3, -0.25) is 4.79 Å². The van der Waals surface area contributed by atoms with E-state index in [1.54, 1.807) is 25.1 Å². The number of para-hydroxylation sites is 2. The number of carbonyl (C=O) groups excluding carboxylic acids is 1. The van der Waals surface area contributed by atoms with Crippen molar-refractivity contribution in [1.29, 1.82) is 5.41 Å². The summed E-state index contributed by atoms with van der Waals surface area (Å²) >= 11 is 0. The topological polar surface area (TPSA) is 120 Å². The van der Waals surface area contributed by atoms with E-state index in [-0.39, 0.29) is 17.6 Å². The second kappa shape index (κ2) is 9.62. The van der Waals surface area contributed by atoms with Gasteiger partial charge >= 0.3 is 0 Å². The first-order valence-electron chi connectivity index (χ1n) is 9.76. The molecular formula is C23H25N7O. The third kappa shape index (κ3) is 4.92. The van der Waals surface area contributed by atoms with Crippen molar-refractivity contribution in [3.63, 3.8) is 0 Å². The first-order chi connectivity index (χ1) is 14.9. The van der Waals surface area contributed by atoms with Gasteiger partial charge in [0.2, 0.25) is 0 Å². The quantitative estimate of drug-likeness (QED) is 0.305. The fourth-order valence-corrected chi connectivity index (χ4v) is 3.21. The van der Waals surface area contributed by atoms with Crippen LogP contribution in [0.25, 0.3) is 0 Å². The van der Waals surface area contributed by atoms with Gasteiger partial charge in [0.15, 0.2) is 6.29 Å². The molecule has 1 unspecified atom stereocenters. The molecule has 0 amide bonds. The molecular weight excluding hydrogens is 390 g/mol. The molecule has 1 atom stereocenters. The number of hydrogen-bond donors (Lipinski definition) is 3. The molecule has 3 rings (SSSR count). The van der Waals surface area contributed by atoms with Crippen LogP contribution in [0.5, 0.6) is 0 Å². The molecule has 8 nitrogen and oxygen atoms in total. The zero-order valence-corrected chi connectivity index (χ0v) is 17.7. The third-order valence-electron chi connectivity index (χ3n) is 4.78. The summed E-state index contributed by atoms with van der Waals surface area (Å²) in [4.78, 5) is 26.6. The summed E-state index contributed by atoms with van der Waals surface area (Å²) in [6, 6.07) is 16.6. The first-order valence-corrected chi connectivity index (χ1v) is 9.76. The van der Waals surface area contributed by atoms with Gasteiger partial charge in [0.1, 0.15) is 23.8 Å². The van der Waals surface area contributed by atoms with E-state index in [1.165, 1.54) is 6.33 Å². The molecule has 0 fully saturated rings. The molecule has 3 aromatic rings. The molecule has 0 aliphatic heterocycles. The molecule has 0 spiro atoms. The number of amidine groups is 1. The van der Waals surface area contributed by atoms with Gasteiger partial charge in [-0.2, -0.15) is 0 Å². The molecule has 0 saturated heterocycles. The molecule has 8 heteroatoms. The predicted molar refractivity (Wildman–Crippen MR) is 126 cm³/mol. The summed E-state index contributed by atoms with van der Waals surface area (Å²) in [5.41, 5.74) is 8.68. The van der Waals surface area contributed by atoms with E-state index in [2.05, 4.69) is 15.3 Å². The second-order valence-electron chi connectivity index (χ2n) is 7.01. The van der Waals surface area contributed by atoms with Crippen LogP contribution < -0.4 is 16.0 Å². The van der Waals surface area contributed by atoms with Crippen molar-refractivity contribution in [1.82, 2.24) is 9.97 Å². The lowest BCUT2D eigenvalue weighted by Crippen LogP contribution is -2.40. The molecule has 2 aromatic carbocycles. The van der Waals surface area contributed by atoms with Gasteiger partial charge in [-0.15, -0.1) is 0 Å². The summed E-state index contributed by atoms with van der Waals surface area (Å²) in [5, 5.41) is 11.3. The molecule has 0 radical (unpaired) electrons. The largest absolute Gasteiger partial charge is 0.383 e. The number of hydrogen-bond acceptors (Lipinski definition) is 7. The van der Waals surface area contributed by atoms with E-state index in [4.69, 9.17) is 16.1 Å². The maximum Gasteiger partial charge on any atom is 0.152 e. The van der Waals surface area contributed by atoms with E-state index in [9.17, 15) is 4.79 Å². The van der Waals surface area contributed by atoms with E-state index >= 15 is 0 Å². The van der Waals surface area contributed by atoms with Gasteiger partial charge in [0, 0.05) is 24.0 Å². The van der Waals surface area contributed by atoms with Crippen LogP contribution in [-0.2, 0) is 0 Å². The molecule has 0 saturated carbocycles. The monoisotopic (exact) mass is 415 g/mol. The minimum Gasteiger partial charge on any atom is -0.383 e. The normalized spacial score (nSPS) is 12.2. The van der Waals surface area contributed by atoms with Crippen LogP contribution in [0.2, 0.25) is 0 Å². The third-order valence-corrected chi connectivity index (χ3v) is 4.78. The van der Waals surface area contributed by atoms with E-state index in [1.807, 2.05) is 55.3 Å². The van der Waals surface area contributed by atoms with Crippen molar-refractivity contribution in [3.05, 3.63) is 72.1 Å². The maximum atomic E-state index is 11.5. The molecule has 0 aliphatic carbocycles. The molecule has 31 heavy (non-hydrogen) atoms. The number of aliphatic imine (C=N–C) groups is 1. The van der Waals surface area contributed by atoms with Crippen molar-refractivity contribution < 1.29 is 4.79 Å². The van der Waals surface area contributed by atoms with Crippen LogP contribution in [0, 0.1) is 5.41 Å². The molecule has 0 aliphatic rings. The lowest BCUT2D eigenvalue weighted by molar-refractivity contribution is 0.112. The Morgan fingerprint density at radius 3 is 2.52 bits per heavy atom. The molecule has 158 valence electrons. The van der Waals surface area contributed by atoms with Crippen molar-refractivity contribution in [3.8, 4) is 0 Å². The van der Waals surface area contributed by atoms with Crippen LogP contribution in [-0.4, -0.2) is 40.9 Å². The van der Waals surface area contributed by atoms with Crippen LogP contribution in [0.15, 0.2) is 65.9 Å². The van der Waals surface area contributed by atoms with Gasteiger partial charge in [0.25, 0.3) is 0 Å². The lowest BCUT2D eigenvalue weighted by atomic mass is 10.1. The van der Waals surface area contributed by atoms with Gasteiger partial charge in [-0.05, 0) is 38.1 Å². The number of rotatable bonds is 7. The highest BCUT2D eigenvalue weighted by Crippen LogP contribution is 2.23. The molecule has 1 heterocycles. The summed E-state index contributed by atoms with van der Waals surface area (Å²) in [7, 11) is 1.91. The van der Waals surface area contributed by atoms with Crippen molar-refractivity contribution in [2.75, 3.05) is 23.0 Å². The average Bonchev–Trinajstić information content (AvgIpc) is 2.77. The summed E-state index contributed by atoms with van der Waals surface area (Å²) in [6.07, 6.45) is 2.15. The minimum atomic E-state index is -0.336. The summed E-state index contributed by atoms with van der Waals surface area (Å²) < 4.78 is 0. The highest BCUT2D eigenvalue weighted by atomic mass is 16.1. The fourth-order valence-electron chi connectivity index (χ4n) is 3.21. The second-order valence-corrected chi connectivity index (χ2v) is 7.01. The predicted octanol–water partition coefficient (Wildman–Crippen LogP) is 3.93. The Morgan fingerprint density at radius 2 is 1.84 bits per heavy atom. The Morgan fingerprint density at radius 1 is 1.16 bits per heavy atom. The Balaban J connectivity index is 2.06. The fraction of sp³-hybridized carbons (Fsp3) is 0.174. The highest BCUT2D eigenvalue weighted by Gasteiger charge is 2.21. The average molecular weight is 416 g/mol. The van der Waals surface area contributed by atoms with Crippen LogP contribution >= 0.6 is 0 Å². The Kier molecular flexibility index (Phi) is 6.71. The van der Waals surface area contributed by atoms with Crippen LogP contribution in [0.3, 0.4) is 0 Å². The Bertz CT molecular complexity index is 1110. The van der Waals surface area contributed by atoms with Gasteiger partial charge in [-0.1, -0.05) is 30.3 Å². The maximum absolute atomic E-state index is 11.5. The van der Waals surface area contributed by atoms with Crippen molar-refractivity contribution >= 4 is 40.8 Å². The molecule has 0 bridgehead atoms. The van der Waals surface area contributed by atoms with E-state index in [0.717, 1.165) is 12.0 Å². The molecule has 1 aromatic heterocycles. The zero-order chi connectivity index (χ0) is 22.4. The van der Waals surface area contributed by atoms with Crippen LogP contribution in [0.4, 0.5) is 23.0 Å². The van der Waals surface area contributed by atoms with Crippen LogP contribution in [0.1, 0.15) is 29.8 Å². The number of nitrogen functional groups attached to an aromatic ring is 1. The smallest absolute Gasteiger partial charge is 0.152 e. The van der Waals surface area contributed by atoms with Gasteiger partial charge in [-0.25, -0.2) is 15.0 Å². The number of anilines is 3. The van der Waals surface area contributed by atoms with E-state index in [0.29, 0.717) is 28.5 Å². The summed E-state index contributed by atoms with van der Waals surface area (Å²) in [6.45, 7) is 3.57. The number of nitrogens with one attached hydrogen (secondary N) is 2. The van der Waals surface area contributed by atoms with Crippen molar-refractivity contribution in [2.45, 2.75) is 19.9 Å². The van der Waals surface area contributed by atoms with Crippen molar-refractivity contribution in [2.24, 2.45) is 4.99 Å². The highest BCUT2D eigenvalue weighted by molar-refractivity contribution is 6.07. The zero-order valence-electron chi connectivity index (χ0n) is 17.7. The lowest BCUT2D eigenvalue weighted by Gasteiger charge is -2.27. The Labute approximate surface area is 181 Å². The number of likely N-dealkylation sites (N-methyl/N-ethyl adjacent to an activating group) is 1. The number of benzene rings is 2.